The summed E-state index contributed by atoms with van der Waals surface area (Å²) >= 11 is 0. The second kappa shape index (κ2) is 4.94. The van der Waals surface area contributed by atoms with E-state index in [9.17, 15) is 4.79 Å². The molecule has 0 aliphatic heterocycles. The van der Waals surface area contributed by atoms with Gasteiger partial charge in [0.15, 0.2) is 0 Å². The molecular weight excluding hydrogens is 260 g/mol. The molecule has 0 aromatic rings. The maximum Gasteiger partial charge on any atom is 0.137 e. The number of methoxy groups -OCH3 is 1. The lowest BCUT2D eigenvalue weighted by Crippen LogP contribution is -2.47. The van der Waals surface area contributed by atoms with Crippen molar-refractivity contribution in [1.29, 1.82) is 0 Å². The predicted molar refractivity (Wildman–Crippen MR) is 82.9 cm³/mol. The van der Waals surface area contributed by atoms with Gasteiger partial charge in [-0.1, -0.05) is 18.6 Å². The second-order valence-electron chi connectivity index (χ2n) is 8.15. The molecule has 2 heteroatoms. The molecule has 0 heterocycles. The highest BCUT2D eigenvalue weighted by Crippen LogP contribution is 2.61. The topological polar surface area (TPSA) is 26.3 Å². The van der Waals surface area contributed by atoms with Gasteiger partial charge >= 0.3 is 0 Å². The minimum atomic E-state index is 0.411. The minimum absolute atomic E-state index is 0.411. The van der Waals surface area contributed by atoms with Crippen LogP contribution in [0, 0.1) is 29.1 Å². The van der Waals surface area contributed by atoms with Crippen molar-refractivity contribution in [2.75, 3.05) is 7.11 Å². The zero-order valence-electron chi connectivity index (χ0n) is 13.4. The van der Waals surface area contributed by atoms with Crippen LogP contribution in [-0.2, 0) is 9.53 Å². The van der Waals surface area contributed by atoms with Crippen LogP contribution in [0.2, 0.25) is 0 Å². The molecule has 0 aromatic heterocycles. The summed E-state index contributed by atoms with van der Waals surface area (Å²) in [6.07, 6.45) is 12.2. The van der Waals surface area contributed by atoms with Crippen LogP contribution in [0.4, 0.5) is 0 Å². The molecule has 4 unspecified atom stereocenters. The first-order chi connectivity index (χ1) is 10.1. The Morgan fingerprint density at radius 1 is 1.19 bits per heavy atom. The molecule has 4 aliphatic rings. The summed E-state index contributed by atoms with van der Waals surface area (Å²) in [5.74, 6) is 3.55. The Kier molecular flexibility index (Phi) is 3.29. The van der Waals surface area contributed by atoms with E-state index >= 15 is 0 Å². The zero-order valence-corrected chi connectivity index (χ0v) is 13.4. The summed E-state index contributed by atoms with van der Waals surface area (Å²) in [4.78, 5) is 11.7. The number of carbonyl (C=O) groups excluding carboxylic acids is 1. The number of allylic oxidation sites excluding steroid dienone is 2. The first-order valence-electron chi connectivity index (χ1n) is 8.88. The summed E-state index contributed by atoms with van der Waals surface area (Å²) in [6.45, 7) is 2.49. The molecule has 3 fully saturated rings. The van der Waals surface area contributed by atoms with Crippen molar-refractivity contribution in [3.63, 3.8) is 0 Å². The van der Waals surface area contributed by atoms with Gasteiger partial charge in [0.25, 0.3) is 0 Å². The molecule has 0 amide bonds. The van der Waals surface area contributed by atoms with E-state index in [-0.39, 0.29) is 0 Å². The van der Waals surface area contributed by atoms with Crippen LogP contribution in [0.15, 0.2) is 11.6 Å². The molecule has 4 rings (SSSR count). The van der Waals surface area contributed by atoms with Crippen molar-refractivity contribution in [2.24, 2.45) is 29.1 Å². The third-order valence-electron chi connectivity index (χ3n) is 7.42. The summed E-state index contributed by atoms with van der Waals surface area (Å²) < 4.78 is 5.82. The minimum Gasteiger partial charge on any atom is -0.381 e. The van der Waals surface area contributed by atoms with Crippen LogP contribution < -0.4 is 0 Å². The van der Waals surface area contributed by atoms with Gasteiger partial charge in [0, 0.05) is 20.0 Å². The van der Waals surface area contributed by atoms with E-state index in [0.717, 1.165) is 24.2 Å². The average Bonchev–Trinajstić information content (AvgIpc) is 2.83. The van der Waals surface area contributed by atoms with Crippen LogP contribution in [0.5, 0.6) is 0 Å². The predicted octanol–water partition coefficient (Wildman–Crippen LogP) is 4.14. The molecule has 0 radical (unpaired) electrons. The quantitative estimate of drug-likeness (QED) is 0.678. The van der Waals surface area contributed by atoms with Gasteiger partial charge in [-0.3, -0.25) is 4.79 Å². The summed E-state index contributed by atoms with van der Waals surface area (Å²) in [7, 11) is 1.90. The van der Waals surface area contributed by atoms with Crippen molar-refractivity contribution >= 4 is 5.78 Å². The van der Waals surface area contributed by atoms with E-state index < -0.39 is 0 Å². The number of carbonyl (C=O) groups is 1. The van der Waals surface area contributed by atoms with Crippen molar-refractivity contribution in [2.45, 2.75) is 64.4 Å². The molecule has 21 heavy (non-hydrogen) atoms. The number of ether oxygens (including phenoxy) is 1. The fraction of sp³-hybridized carbons (Fsp3) is 0.842. The van der Waals surface area contributed by atoms with Crippen LogP contribution >= 0.6 is 0 Å². The number of hydrogen-bond donors (Lipinski definition) is 0. The Bertz CT molecular complexity index is 480. The SMILES string of the molecule is CO[C@@H]1CCC2[C@H]3CCC4CC(=O)CC=C4C3CCC21C. The molecule has 0 aromatic carbocycles. The summed E-state index contributed by atoms with van der Waals surface area (Å²) in [5.41, 5.74) is 2.09. The van der Waals surface area contributed by atoms with Gasteiger partial charge < -0.3 is 4.74 Å². The first kappa shape index (κ1) is 14.0. The van der Waals surface area contributed by atoms with E-state index in [1.54, 1.807) is 5.57 Å². The Morgan fingerprint density at radius 2 is 2.05 bits per heavy atom. The van der Waals surface area contributed by atoms with Crippen molar-refractivity contribution < 1.29 is 9.53 Å². The number of fused-ring (bicyclic) bond motifs is 5. The molecule has 6 atom stereocenters. The number of Topliss-reactive ketones (excluding diaryl/α,β-unsaturated/α-hetero) is 1. The van der Waals surface area contributed by atoms with Crippen molar-refractivity contribution in [3.8, 4) is 0 Å². The van der Waals surface area contributed by atoms with Gasteiger partial charge in [0.1, 0.15) is 5.78 Å². The third kappa shape index (κ3) is 1.98. The fourth-order valence-electron chi connectivity index (χ4n) is 6.43. The zero-order chi connectivity index (χ0) is 14.6. The van der Waals surface area contributed by atoms with Crippen molar-refractivity contribution in [1.82, 2.24) is 0 Å². The lowest BCUT2D eigenvalue weighted by Gasteiger charge is -2.52. The molecule has 2 nitrogen and oxygen atoms in total. The van der Waals surface area contributed by atoms with Crippen LogP contribution in [0.1, 0.15) is 58.3 Å². The Morgan fingerprint density at radius 3 is 2.86 bits per heavy atom. The van der Waals surface area contributed by atoms with Gasteiger partial charge in [-0.2, -0.15) is 0 Å². The Hall–Kier alpha value is -0.630. The molecule has 116 valence electrons. The average molecular weight is 288 g/mol. The van der Waals surface area contributed by atoms with Gasteiger partial charge in [-0.25, -0.2) is 0 Å². The lowest BCUT2D eigenvalue weighted by atomic mass is 9.53. The second-order valence-corrected chi connectivity index (χ2v) is 8.15. The molecule has 0 bridgehead atoms. The highest BCUT2D eigenvalue weighted by atomic mass is 16.5. The lowest BCUT2D eigenvalue weighted by molar-refractivity contribution is -0.120. The van der Waals surface area contributed by atoms with E-state index in [0.29, 0.717) is 29.6 Å². The van der Waals surface area contributed by atoms with Gasteiger partial charge in [0.05, 0.1) is 6.10 Å². The Balaban J connectivity index is 1.62. The monoisotopic (exact) mass is 288 g/mol. The third-order valence-corrected chi connectivity index (χ3v) is 7.42. The highest BCUT2D eigenvalue weighted by Gasteiger charge is 2.56. The molecular formula is C19H28O2. The Labute approximate surface area is 128 Å². The summed E-state index contributed by atoms with van der Waals surface area (Å²) in [5, 5.41) is 0. The number of rotatable bonds is 1. The fourth-order valence-corrected chi connectivity index (χ4v) is 6.43. The van der Waals surface area contributed by atoms with Crippen LogP contribution in [0.25, 0.3) is 0 Å². The maximum absolute atomic E-state index is 11.7. The van der Waals surface area contributed by atoms with E-state index in [2.05, 4.69) is 13.0 Å². The van der Waals surface area contributed by atoms with Crippen LogP contribution in [-0.4, -0.2) is 19.0 Å². The van der Waals surface area contributed by atoms with Crippen LogP contribution in [0.3, 0.4) is 0 Å². The standard InChI is InChI=1S/C19H28O2/c1-19-10-9-15-14-6-4-13(20)11-12(14)3-5-16(15)17(19)7-8-18(19)21-2/h6,12,15-18H,3-5,7-11H2,1-2H3/t12?,15?,16-,17?,18+,19?/m0/s1. The van der Waals surface area contributed by atoms with Gasteiger partial charge in [0.2, 0.25) is 0 Å². The normalized spacial score (nSPS) is 49.1. The molecule has 0 saturated heterocycles. The highest BCUT2D eigenvalue weighted by molar-refractivity contribution is 5.82. The summed E-state index contributed by atoms with van der Waals surface area (Å²) in [6, 6.07) is 0. The molecule has 0 N–H and O–H groups in total. The van der Waals surface area contributed by atoms with Crippen molar-refractivity contribution in [3.05, 3.63) is 11.6 Å². The van der Waals surface area contributed by atoms with E-state index in [1.165, 1.54) is 38.5 Å². The van der Waals surface area contributed by atoms with E-state index in [1.807, 2.05) is 7.11 Å². The smallest absolute Gasteiger partial charge is 0.137 e. The molecule has 4 aliphatic carbocycles. The maximum atomic E-state index is 11.7. The van der Waals surface area contributed by atoms with E-state index in [4.69, 9.17) is 4.74 Å². The van der Waals surface area contributed by atoms with Gasteiger partial charge in [-0.05, 0) is 67.6 Å². The van der Waals surface area contributed by atoms with Gasteiger partial charge in [-0.15, -0.1) is 0 Å². The first-order valence-corrected chi connectivity index (χ1v) is 8.88. The largest absolute Gasteiger partial charge is 0.381 e. The number of hydrogen-bond acceptors (Lipinski definition) is 2. The number of ketones is 1. The molecule has 0 spiro atoms. The molecule has 3 saturated carbocycles.